The molecule has 0 unspecified atom stereocenters. The van der Waals surface area contributed by atoms with Gasteiger partial charge in [0, 0.05) is 12.7 Å². The van der Waals surface area contributed by atoms with Crippen molar-refractivity contribution in [1.29, 1.82) is 0 Å². The minimum absolute atomic E-state index is 0.0561. The van der Waals surface area contributed by atoms with Gasteiger partial charge in [0.25, 0.3) is 11.6 Å². The lowest BCUT2D eigenvalue weighted by atomic mass is 10.1. The maximum atomic E-state index is 12.2. The summed E-state index contributed by atoms with van der Waals surface area (Å²) in [7, 11) is 0. The third-order valence-corrected chi connectivity index (χ3v) is 3.50. The van der Waals surface area contributed by atoms with E-state index in [4.69, 9.17) is 4.52 Å². The first-order valence-electron chi connectivity index (χ1n) is 6.87. The third kappa shape index (κ3) is 2.68. The Kier molecular flexibility index (Phi) is 3.84. The molecule has 0 saturated carbocycles. The molecule has 1 aromatic carbocycles. The number of aryl methyl sites for hydroxylation is 1. The Morgan fingerprint density at radius 2 is 2.09 bits per heavy atom. The third-order valence-electron chi connectivity index (χ3n) is 3.50. The van der Waals surface area contributed by atoms with Crippen LogP contribution in [0.15, 0.2) is 41.1 Å². The molecule has 0 aliphatic rings. The van der Waals surface area contributed by atoms with Gasteiger partial charge in [-0.3, -0.25) is 4.79 Å². The largest absolute Gasteiger partial charge is 0.392 e. The molecule has 0 atom stereocenters. The number of aliphatic hydroxyl groups excluding tert-OH is 1. The van der Waals surface area contributed by atoms with Crippen molar-refractivity contribution in [2.75, 3.05) is 0 Å². The van der Waals surface area contributed by atoms with E-state index in [1.807, 2.05) is 24.3 Å². The van der Waals surface area contributed by atoms with Gasteiger partial charge in [-0.05, 0) is 24.1 Å². The highest BCUT2D eigenvalue weighted by Crippen LogP contribution is 2.17. The van der Waals surface area contributed by atoms with Crippen LogP contribution in [0, 0.1) is 6.92 Å². The number of hydrogen-bond acceptors (Lipinski definition) is 5. The fraction of sp³-hybridized carbons (Fsp3) is 0.188. The highest BCUT2D eigenvalue weighted by molar-refractivity contribution is 5.96. The molecule has 2 aromatic heterocycles. The first-order chi connectivity index (χ1) is 10.7. The van der Waals surface area contributed by atoms with E-state index in [9.17, 15) is 9.90 Å². The predicted octanol–water partition coefficient (Wildman–Crippen LogP) is 1.95. The molecule has 3 aromatic rings. The molecule has 22 heavy (non-hydrogen) atoms. The molecule has 6 heteroatoms. The zero-order valence-electron chi connectivity index (χ0n) is 12.0. The highest BCUT2D eigenvalue weighted by Gasteiger charge is 2.12. The number of pyridine rings is 1. The van der Waals surface area contributed by atoms with Gasteiger partial charge in [-0.2, -0.15) is 0 Å². The first kappa shape index (κ1) is 14.2. The number of aliphatic hydroxyl groups is 1. The van der Waals surface area contributed by atoms with Crippen molar-refractivity contribution in [1.82, 2.24) is 15.5 Å². The second-order valence-corrected chi connectivity index (χ2v) is 4.95. The molecular formula is C16H15N3O3. The second kappa shape index (κ2) is 5.95. The maximum Gasteiger partial charge on any atom is 0.257 e. The Hall–Kier alpha value is -2.73. The van der Waals surface area contributed by atoms with Gasteiger partial charge in [-0.15, -0.1) is 0 Å². The van der Waals surface area contributed by atoms with Crippen molar-refractivity contribution >= 4 is 17.0 Å². The monoisotopic (exact) mass is 297 g/mol. The van der Waals surface area contributed by atoms with Crippen LogP contribution in [0.25, 0.3) is 11.1 Å². The van der Waals surface area contributed by atoms with Gasteiger partial charge in [-0.1, -0.05) is 29.4 Å². The summed E-state index contributed by atoms with van der Waals surface area (Å²) in [5.74, 6) is -0.234. The lowest BCUT2D eigenvalue weighted by Crippen LogP contribution is -2.23. The minimum Gasteiger partial charge on any atom is -0.392 e. The van der Waals surface area contributed by atoms with E-state index < -0.39 is 0 Å². The lowest BCUT2D eigenvalue weighted by molar-refractivity contribution is 0.0950. The topological polar surface area (TPSA) is 88.2 Å². The summed E-state index contributed by atoms with van der Waals surface area (Å²) in [6.07, 6.45) is 1.46. The van der Waals surface area contributed by atoms with E-state index in [-0.39, 0.29) is 12.5 Å². The smallest absolute Gasteiger partial charge is 0.257 e. The van der Waals surface area contributed by atoms with E-state index in [1.165, 1.54) is 6.20 Å². The summed E-state index contributed by atoms with van der Waals surface area (Å²) >= 11 is 0. The number of amides is 1. The number of carbonyl (C=O) groups is 1. The molecule has 2 heterocycles. The van der Waals surface area contributed by atoms with Crippen LogP contribution in [0.3, 0.4) is 0 Å². The fourth-order valence-electron chi connectivity index (χ4n) is 2.23. The maximum absolute atomic E-state index is 12.2. The van der Waals surface area contributed by atoms with Crippen molar-refractivity contribution in [3.05, 3.63) is 58.9 Å². The molecule has 0 spiro atoms. The summed E-state index contributed by atoms with van der Waals surface area (Å²) in [4.78, 5) is 16.3. The van der Waals surface area contributed by atoms with Gasteiger partial charge in [0.2, 0.25) is 0 Å². The first-order valence-corrected chi connectivity index (χ1v) is 6.87. The van der Waals surface area contributed by atoms with Gasteiger partial charge >= 0.3 is 0 Å². The van der Waals surface area contributed by atoms with Crippen LogP contribution in [-0.2, 0) is 13.2 Å². The number of nitrogens with one attached hydrogen (secondary N) is 1. The Morgan fingerprint density at radius 3 is 2.86 bits per heavy atom. The summed E-state index contributed by atoms with van der Waals surface area (Å²) in [5, 5.41) is 16.7. The molecule has 6 nitrogen and oxygen atoms in total. The Bertz CT molecular complexity index is 826. The Labute approximate surface area is 126 Å². The quantitative estimate of drug-likeness (QED) is 0.768. The molecule has 0 radical (unpaired) electrons. The van der Waals surface area contributed by atoms with E-state index in [1.54, 1.807) is 13.0 Å². The highest BCUT2D eigenvalue weighted by atomic mass is 16.5. The minimum atomic E-state index is -0.234. The molecule has 0 fully saturated rings. The summed E-state index contributed by atoms with van der Waals surface area (Å²) < 4.78 is 5.02. The number of benzene rings is 1. The van der Waals surface area contributed by atoms with E-state index in [0.29, 0.717) is 23.5 Å². The second-order valence-electron chi connectivity index (χ2n) is 4.95. The van der Waals surface area contributed by atoms with Crippen LogP contribution in [0.1, 0.15) is 27.2 Å². The van der Waals surface area contributed by atoms with Gasteiger partial charge in [0.15, 0.2) is 0 Å². The summed E-state index contributed by atoms with van der Waals surface area (Å²) in [5.41, 5.74) is 3.24. The number of hydrogen-bond donors (Lipinski definition) is 2. The molecule has 0 saturated heterocycles. The number of carbonyl (C=O) groups excluding carboxylic acids is 1. The van der Waals surface area contributed by atoms with Gasteiger partial charge in [0.05, 0.1) is 23.3 Å². The zero-order valence-corrected chi connectivity index (χ0v) is 12.0. The van der Waals surface area contributed by atoms with E-state index in [2.05, 4.69) is 15.5 Å². The number of nitrogens with zero attached hydrogens (tertiary/aromatic N) is 2. The normalized spacial score (nSPS) is 10.8. The van der Waals surface area contributed by atoms with Crippen molar-refractivity contribution in [2.45, 2.75) is 20.1 Å². The van der Waals surface area contributed by atoms with Crippen LogP contribution in [0.5, 0.6) is 0 Å². The Morgan fingerprint density at radius 1 is 1.32 bits per heavy atom. The molecule has 3 rings (SSSR count). The average Bonchev–Trinajstić information content (AvgIpc) is 2.93. The van der Waals surface area contributed by atoms with Crippen molar-refractivity contribution in [2.24, 2.45) is 0 Å². The van der Waals surface area contributed by atoms with Crippen molar-refractivity contribution in [3.63, 3.8) is 0 Å². The number of rotatable bonds is 4. The SMILES string of the molecule is Cc1noc2ncc(C(=O)NCc3ccccc3CO)cc12. The fourth-order valence-corrected chi connectivity index (χ4v) is 2.23. The summed E-state index contributed by atoms with van der Waals surface area (Å²) in [6, 6.07) is 9.13. The van der Waals surface area contributed by atoms with Crippen LogP contribution < -0.4 is 5.32 Å². The molecule has 0 aliphatic heterocycles. The van der Waals surface area contributed by atoms with Gasteiger partial charge in [0.1, 0.15) is 0 Å². The Balaban J connectivity index is 1.77. The van der Waals surface area contributed by atoms with E-state index >= 15 is 0 Å². The van der Waals surface area contributed by atoms with Crippen LogP contribution >= 0.6 is 0 Å². The van der Waals surface area contributed by atoms with Crippen molar-refractivity contribution < 1.29 is 14.4 Å². The van der Waals surface area contributed by atoms with Crippen molar-refractivity contribution in [3.8, 4) is 0 Å². The van der Waals surface area contributed by atoms with E-state index in [0.717, 1.165) is 16.5 Å². The number of aromatic nitrogens is 2. The van der Waals surface area contributed by atoms with Crippen LogP contribution in [0.2, 0.25) is 0 Å². The molecule has 112 valence electrons. The molecule has 0 aliphatic carbocycles. The molecule has 1 amide bonds. The van der Waals surface area contributed by atoms with Crippen LogP contribution in [-0.4, -0.2) is 21.2 Å². The van der Waals surface area contributed by atoms with Gasteiger partial charge in [-0.25, -0.2) is 4.98 Å². The standard InChI is InChI=1S/C16H15N3O3/c1-10-14-6-13(8-18-16(14)22-19-10)15(21)17-7-11-4-2-3-5-12(11)9-20/h2-6,8,20H,7,9H2,1H3,(H,17,21). The van der Waals surface area contributed by atoms with Gasteiger partial charge < -0.3 is 14.9 Å². The van der Waals surface area contributed by atoms with Crippen LogP contribution in [0.4, 0.5) is 0 Å². The molecular weight excluding hydrogens is 282 g/mol. The zero-order chi connectivity index (χ0) is 15.5. The predicted molar refractivity (Wildman–Crippen MR) is 80.1 cm³/mol. The summed E-state index contributed by atoms with van der Waals surface area (Å²) in [6.45, 7) is 2.09. The molecule has 2 N–H and O–H groups in total. The average molecular weight is 297 g/mol. The molecule has 0 bridgehead atoms. The lowest BCUT2D eigenvalue weighted by Gasteiger charge is -2.08. The number of fused-ring (bicyclic) bond motifs is 1.